The first-order chi connectivity index (χ1) is 12.8. The van der Waals surface area contributed by atoms with E-state index < -0.39 is 0 Å². The molecule has 0 atom stereocenters. The fourth-order valence-electron chi connectivity index (χ4n) is 2.65. The Morgan fingerprint density at radius 2 is 1.81 bits per heavy atom. The summed E-state index contributed by atoms with van der Waals surface area (Å²) in [5, 5.41) is 12.8. The molecule has 0 bridgehead atoms. The average molecular weight is 362 g/mol. The molecule has 0 saturated heterocycles. The number of hydrogen-bond acceptors (Lipinski definition) is 5. The van der Waals surface area contributed by atoms with Crippen LogP contribution in [-0.2, 0) is 12.3 Å². The highest BCUT2D eigenvalue weighted by molar-refractivity contribution is 7.98. The molecule has 7 heteroatoms. The largest absolute Gasteiger partial charge is 0.330 e. The highest BCUT2D eigenvalue weighted by Gasteiger charge is 2.11. The second kappa shape index (κ2) is 7.53. The Balaban J connectivity index is 1.48. The van der Waals surface area contributed by atoms with Crippen molar-refractivity contribution >= 4 is 11.8 Å². The van der Waals surface area contributed by atoms with Crippen LogP contribution in [0, 0.1) is 6.92 Å². The third-order valence-corrected chi connectivity index (χ3v) is 4.96. The molecule has 0 amide bonds. The standard InChI is InChI=1S/C19H18N6S/c1-15-7-9-17(10-8-15)25-19(21-22-23-25)26-14-18-20-11-12-24(18)13-16-5-3-2-4-6-16/h2-12H,13-14H2,1H3. The molecule has 0 aliphatic carbocycles. The van der Waals surface area contributed by atoms with Crippen LogP contribution in [0.5, 0.6) is 0 Å². The van der Waals surface area contributed by atoms with Crippen LogP contribution in [0.15, 0.2) is 72.1 Å². The molecule has 130 valence electrons. The van der Waals surface area contributed by atoms with Crippen molar-refractivity contribution in [2.75, 3.05) is 0 Å². The number of nitrogens with zero attached hydrogens (tertiary/aromatic N) is 6. The lowest BCUT2D eigenvalue weighted by Gasteiger charge is -2.08. The smallest absolute Gasteiger partial charge is 0.214 e. The van der Waals surface area contributed by atoms with E-state index in [1.54, 1.807) is 16.4 Å². The van der Waals surface area contributed by atoms with Gasteiger partial charge in [-0.05, 0) is 35.0 Å². The number of rotatable bonds is 6. The summed E-state index contributed by atoms with van der Waals surface area (Å²) in [6.45, 7) is 2.87. The summed E-state index contributed by atoms with van der Waals surface area (Å²) in [4.78, 5) is 4.49. The first kappa shape index (κ1) is 16.5. The lowest BCUT2D eigenvalue weighted by atomic mass is 10.2. The van der Waals surface area contributed by atoms with E-state index in [4.69, 9.17) is 0 Å². The summed E-state index contributed by atoms with van der Waals surface area (Å²) in [5.74, 6) is 1.70. The van der Waals surface area contributed by atoms with E-state index in [1.165, 1.54) is 11.1 Å². The van der Waals surface area contributed by atoms with Gasteiger partial charge in [0.15, 0.2) is 0 Å². The molecule has 0 radical (unpaired) electrons. The zero-order chi connectivity index (χ0) is 17.8. The molecule has 4 rings (SSSR count). The molecular formula is C19H18N6S. The number of benzene rings is 2. The van der Waals surface area contributed by atoms with Gasteiger partial charge in [0.25, 0.3) is 0 Å². The molecule has 0 aliphatic heterocycles. The topological polar surface area (TPSA) is 61.4 Å². The lowest BCUT2D eigenvalue weighted by molar-refractivity contribution is 0.747. The molecule has 4 aromatic rings. The third kappa shape index (κ3) is 3.67. The minimum Gasteiger partial charge on any atom is -0.330 e. The summed E-state index contributed by atoms with van der Waals surface area (Å²) in [6.07, 6.45) is 3.84. The maximum Gasteiger partial charge on any atom is 0.214 e. The second-order valence-electron chi connectivity index (χ2n) is 5.95. The van der Waals surface area contributed by atoms with E-state index in [-0.39, 0.29) is 0 Å². The first-order valence-electron chi connectivity index (χ1n) is 8.32. The van der Waals surface area contributed by atoms with Gasteiger partial charge >= 0.3 is 0 Å². The first-order valence-corrected chi connectivity index (χ1v) is 9.30. The fourth-order valence-corrected chi connectivity index (χ4v) is 3.51. The molecule has 2 aromatic carbocycles. The van der Waals surface area contributed by atoms with Gasteiger partial charge in [0, 0.05) is 18.9 Å². The molecule has 2 aromatic heterocycles. The van der Waals surface area contributed by atoms with E-state index in [0.29, 0.717) is 5.75 Å². The molecule has 0 N–H and O–H groups in total. The quantitative estimate of drug-likeness (QED) is 0.491. The maximum atomic E-state index is 4.49. The predicted molar refractivity (Wildman–Crippen MR) is 101 cm³/mol. The van der Waals surface area contributed by atoms with Crippen LogP contribution in [0.2, 0.25) is 0 Å². The van der Waals surface area contributed by atoms with Crippen LogP contribution in [0.25, 0.3) is 5.69 Å². The monoisotopic (exact) mass is 362 g/mol. The predicted octanol–water partition coefficient (Wildman–Crippen LogP) is 3.51. The molecule has 0 spiro atoms. The fraction of sp³-hybridized carbons (Fsp3) is 0.158. The molecule has 0 unspecified atom stereocenters. The van der Waals surface area contributed by atoms with Crippen molar-refractivity contribution in [3.05, 3.63) is 83.9 Å². The number of aromatic nitrogens is 6. The van der Waals surface area contributed by atoms with Gasteiger partial charge in [-0.15, -0.1) is 5.10 Å². The SMILES string of the molecule is Cc1ccc(-n2nnnc2SCc2nccn2Cc2ccccc2)cc1. The van der Waals surface area contributed by atoms with Crippen LogP contribution in [-0.4, -0.2) is 29.8 Å². The number of aryl methyl sites for hydroxylation is 1. The van der Waals surface area contributed by atoms with E-state index >= 15 is 0 Å². The van der Waals surface area contributed by atoms with Gasteiger partial charge in [0.05, 0.1) is 11.4 Å². The molecule has 2 heterocycles. The Kier molecular flexibility index (Phi) is 4.79. The van der Waals surface area contributed by atoms with Gasteiger partial charge in [-0.25, -0.2) is 4.98 Å². The van der Waals surface area contributed by atoms with E-state index in [9.17, 15) is 0 Å². The molecule has 0 aliphatic rings. The van der Waals surface area contributed by atoms with Gasteiger partial charge in [-0.1, -0.05) is 59.8 Å². The van der Waals surface area contributed by atoms with Crippen molar-refractivity contribution in [3.8, 4) is 5.69 Å². The van der Waals surface area contributed by atoms with Crippen molar-refractivity contribution in [2.24, 2.45) is 0 Å². The number of tetrazole rings is 1. The summed E-state index contributed by atoms with van der Waals surface area (Å²) in [5.41, 5.74) is 3.41. The zero-order valence-electron chi connectivity index (χ0n) is 14.4. The Morgan fingerprint density at radius 1 is 1.00 bits per heavy atom. The number of hydrogen-bond donors (Lipinski definition) is 0. The van der Waals surface area contributed by atoms with E-state index in [0.717, 1.165) is 23.2 Å². The highest BCUT2D eigenvalue weighted by Crippen LogP contribution is 2.22. The Labute approximate surface area is 155 Å². The van der Waals surface area contributed by atoms with Crippen molar-refractivity contribution in [1.82, 2.24) is 29.8 Å². The van der Waals surface area contributed by atoms with Gasteiger partial charge in [0.2, 0.25) is 5.16 Å². The van der Waals surface area contributed by atoms with Gasteiger partial charge in [0.1, 0.15) is 5.82 Å². The second-order valence-corrected chi connectivity index (χ2v) is 6.90. The number of imidazole rings is 1. The summed E-state index contributed by atoms with van der Waals surface area (Å²) >= 11 is 1.58. The Bertz CT molecular complexity index is 975. The van der Waals surface area contributed by atoms with E-state index in [1.807, 2.05) is 30.6 Å². The van der Waals surface area contributed by atoms with Crippen molar-refractivity contribution in [2.45, 2.75) is 24.4 Å². The molecule has 26 heavy (non-hydrogen) atoms. The average Bonchev–Trinajstić information content (AvgIpc) is 3.31. The highest BCUT2D eigenvalue weighted by atomic mass is 32.2. The lowest BCUT2D eigenvalue weighted by Crippen LogP contribution is -2.04. The van der Waals surface area contributed by atoms with Crippen molar-refractivity contribution < 1.29 is 0 Å². The Hall–Kier alpha value is -2.93. The van der Waals surface area contributed by atoms with Gasteiger partial charge in [-0.2, -0.15) is 4.68 Å². The van der Waals surface area contributed by atoms with Crippen LogP contribution < -0.4 is 0 Å². The summed E-state index contributed by atoms with van der Waals surface area (Å²) < 4.78 is 3.91. The number of thioether (sulfide) groups is 1. The van der Waals surface area contributed by atoms with Crippen molar-refractivity contribution in [1.29, 1.82) is 0 Å². The third-order valence-electron chi connectivity index (χ3n) is 4.05. The molecule has 6 nitrogen and oxygen atoms in total. The van der Waals surface area contributed by atoms with Crippen LogP contribution in [0.3, 0.4) is 0 Å². The minimum atomic E-state index is 0.700. The van der Waals surface area contributed by atoms with Crippen molar-refractivity contribution in [3.63, 3.8) is 0 Å². The maximum absolute atomic E-state index is 4.49. The van der Waals surface area contributed by atoms with Crippen LogP contribution >= 0.6 is 11.8 Å². The van der Waals surface area contributed by atoms with Crippen LogP contribution in [0.4, 0.5) is 0 Å². The molecular weight excluding hydrogens is 344 g/mol. The Morgan fingerprint density at radius 3 is 2.62 bits per heavy atom. The molecule has 0 saturated carbocycles. The summed E-state index contributed by atoms with van der Waals surface area (Å²) in [7, 11) is 0. The zero-order valence-corrected chi connectivity index (χ0v) is 15.2. The van der Waals surface area contributed by atoms with Gasteiger partial charge < -0.3 is 4.57 Å². The minimum absolute atomic E-state index is 0.700. The molecule has 0 fully saturated rings. The van der Waals surface area contributed by atoms with E-state index in [2.05, 4.69) is 68.4 Å². The summed E-state index contributed by atoms with van der Waals surface area (Å²) in [6, 6.07) is 18.5. The normalized spacial score (nSPS) is 11.0. The van der Waals surface area contributed by atoms with Gasteiger partial charge in [-0.3, -0.25) is 0 Å². The van der Waals surface area contributed by atoms with Crippen LogP contribution in [0.1, 0.15) is 17.0 Å².